The molecule has 0 saturated carbocycles. The van der Waals surface area contributed by atoms with Crippen LogP contribution in [0.15, 0.2) is 18.3 Å². The minimum Gasteiger partial charge on any atom is -0.383 e. The van der Waals surface area contributed by atoms with Gasteiger partial charge in [0.1, 0.15) is 0 Å². The van der Waals surface area contributed by atoms with E-state index in [9.17, 15) is 0 Å². The highest BCUT2D eigenvalue weighted by atomic mass is 16.5. The molecule has 0 radical (unpaired) electrons. The summed E-state index contributed by atoms with van der Waals surface area (Å²) < 4.78 is 5.27. The maximum Gasteiger partial charge on any atom is 0.0616 e. The summed E-state index contributed by atoms with van der Waals surface area (Å²) >= 11 is 0. The van der Waals surface area contributed by atoms with Gasteiger partial charge in [-0.2, -0.15) is 0 Å². The molecule has 3 nitrogen and oxygen atoms in total. The third kappa shape index (κ3) is 3.05. The molecule has 0 spiro atoms. The quantitative estimate of drug-likeness (QED) is 0.821. The predicted octanol–water partition coefficient (Wildman–Crippen LogP) is 2.47. The molecule has 0 aromatic carbocycles. The second-order valence-corrected chi connectivity index (χ2v) is 4.75. The lowest BCUT2D eigenvalue weighted by Crippen LogP contribution is -2.35. The predicted molar refractivity (Wildman–Crippen MR) is 69.0 cm³/mol. The lowest BCUT2D eigenvalue weighted by atomic mass is 10.1. The summed E-state index contributed by atoms with van der Waals surface area (Å²) in [5.41, 5.74) is 2.64. The molecule has 2 rings (SSSR count). The number of hydrogen-bond acceptors (Lipinski definition) is 3. The summed E-state index contributed by atoms with van der Waals surface area (Å²) in [6, 6.07) is 5.08. The van der Waals surface area contributed by atoms with E-state index in [4.69, 9.17) is 4.74 Å². The molecule has 2 unspecified atom stereocenters. The van der Waals surface area contributed by atoms with Crippen molar-refractivity contribution in [3.8, 4) is 0 Å². The highest BCUT2D eigenvalue weighted by Crippen LogP contribution is 2.29. The molecule has 0 amide bonds. The van der Waals surface area contributed by atoms with Gasteiger partial charge in [-0.1, -0.05) is 19.4 Å². The van der Waals surface area contributed by atoms with Crippen molar-refractivity contribution in [2.45, 2.75) is 44.7 Å². The summed E-state index contributed by atoms with van der Waals surface area (Å²) in [5.74, 6) is 0. The third-order valence-corrected chi connectivity index (χ3v) is 3.40. The Balaban J connectivity index is 1.99. The first-order chi connectivity index (χ1) is 8.35. The number of hydrogen-bond donors (Lipinski definition) is 1. The fourth-order valence-electron chi connectivity index (χ4n) is 2.62. The van der Waals surface area contributed by atoms with Crippen LogP contribution in [0.3, 0.4) is 0 Å². The average Bonchev–Trinajstić information content (AvgIpc) is 2.74. The smallest absolute Gasteiger partial charge is 0.0616 e. The monoisotopic (exact) mass is 234 g/mol. The second kappa shape index (κ2) is 6.12. The number of rotatable bonds is 6. The number of fused-ring (bicyclic) bond motifs is 1. The van der Waals surface area contributed by atoms with Gasteiger partial charge in [0.15, 0.2) is 0 Å². The fraction of sp³-hybridized carbons (Fsp3) is 0.643. The van der Waals surface area contributed by atoms with Crippen LogP contribution in [0.5, 0.6) is 0 Å². The van der Waals surface area contributed by atoms with E-state index in [1.54, 1.807) is 7.11 Å². The van der Waals surface area contributed by atoms with Gasteiger partial charge in [0.25, 0.3) is 0 Å². The van der Waals surface area contributed by atoms with E-state index >= 15 is 0 Å². The molecule has 0 saturated heterocycles. The second-order valence-electron chi connectivity index (χ2n) is 4.75. The summed E-state index contributed by atoms with van der Waals surface area (Å²) in [5, 5.41) is 3.69. The highest BCUT2D eigenvalue weighted by molar-refractivity contribution is 5.27. The molecule has 3 heteroatoms. The number of pyridine rings is 1. The van der Waals surface area contributed by atoms with Gasteiger partial charge in [-0.3, -0.25) is 4.98 Å². The van der Waals surface area contributed by atoms with Gasteiger partial charge >= 0.3 is 0 Å². The number of ether oxygens (including phenoxy) is 1. The molecule has 0 aliphatic heterocycles. The first-order valence-corrected chi connectivity index (χ1v) is 6.54. The summed E-state index contributed by atoms with van der Waals surface area (Å²) in [6.07, 6.45) is 6.54. The largest absolute Gasteiger partial charge is 0.383 e. The SMILES string of the molecule is CCCC(COC)NC1CCc2cccnc21. The van der Waals surface area contributed by atoms with Crippen LogP contribution in [0, 0.1) is 0 Å². The van der Waals surface area contributed by atoms with Crippen LogP contribution in [0.4, 0.5) is 0 Å². The maximum atomic E-state index is 5.27. The van der Waals surface area contributed by atoms with Gasteiger partial charge < -0.3 is 10.1 Å². The van der Waals surface area contributed by atoms with Gasteiger partial charge in [-0.05, 0) is 30.9 Å². The van der Waals surface area contributed by atoms with Crippen LogP contribution < -0.4 is 5.32 Å². The van der Waals surface area contributed by atoms with Crippen LogP contribution in [0.25, 0.3) is 0 Å². The Morgan fingerprint density at radius 2 is 2.47 bits per heavy atom. The van der Waals surface area contributed by atoms with Crippen LogP contribution in [0.2, 0.25) is 0 Å². The molecule has 0 fully saturated rings. The van der Waals surface area contributed by atoms with Crippen molar-refractivity contribution >= 4 is 0 Å². The number of nitrogens with zero attached hydrogens (tertiary/aromatic N) is 1. The maximum absolute atomic E-state index is 5.27. The molecular weight excluding hydrogens is 212 g/mol. The van der Waals surface area contributed by atoms with E-state index in [1.165, 1.54) is 17.7 Å². The van der Waals surface area contributed by atoms with Crippen LogP contribution in [-0.2, 0) is 11.2 Å². The van der Waals surface area contributed by atoms with Crippen molar-refractivity contribution in [3.05, 3.63) is 29.6 Å². The molecule has 2 atom stereocenters. The van der Waals surface area contributed by atoms with Crippen LogP contribution in [0.1, 0.15) is 43.5 Å². The highest BCUT2D eigenvalue weighted by Gasteiger charge is 2.25. The van der Waals surface area contributed by atoms with E-state index in [0.29, 0.717) is 12.1 Å². The zero-order valence-corrected chi connectivity index (χ0v) is 10.8. The third-order valence-electron chi connectivity index (χ3n) is 3.40. The molecular formula is C14H22N2O. The zero-order valence-electron chi connectivity index (χ0n) is 10.8. The molecule has 1 aliphatic carbocycles. The lowest BCUT2D eigenvalue weighted by molar-refractivity contribution is 0.155. The summed E-state index contributed by atoms with van der Waals surface area (Å²) in [4.78, 5) is 4.51. The molecule has 94 valence electrons. The molecule has 0 bridgehead atoms. The summed E-state index contributed by atoms with van der Waals surface area (Å²) in [6.45, 7) is 3.00. The van der Waals surface area contributed by atoms with Gasteiger partial charge in [-0.25, -0.2) is 0 Å². The Morgan fingerprint density at radius 3 is 3.24 bits per heavy atom. The van der Waals surface area contributed by atoms with Crippen molar-refractivity contribution in [1.29, 1.82) is 0 Å². The van der Waals surface area contributed by atoms with Gasteiger partial charge in [0, 0.05) is 19.3 Å². The van der Waals surface area contributed by atoms with Gasteiger partial charge in [0.05, 0.1) is 18.3 Å². The van der Waals surface area contributed by atoms with E-state index in [1.807, 2.05) is 12.3 Å². The molecule has 1 N–H and O–H groups in total. The Morgan fingerprint density at radius 1 is 1.59 bits per heavy atom. The zero-order chi connectivity index (χ0) is 12.1. The minimum atomic E-state index is 0.415. The van der Waals surface area contributed by atoms with Crippen molar-refractivity contribution in [2.24, 2.45) is 0 Å². The fourth-order valence-corrected chi connectivity index (χ4v) is 2.62. The van der Waals surface area contributed by atoms with Gasteiger partial charge in [0.2, 0.25) is 0 Å². The lowest BCUT2D eigenvalue weighted by Gasteiger charge is -2.22. The Labute approximate surface area is 104 Å². The van der Waals surface area contributed by atoms with Crippen molar-refractivity contribution in [3.63, 3.8) is 0 Å². The number of aryl methyl sites for hydroxylation is 1. The molecule has 1 aromatic heterocycles. The van der Waals surface area contributed by atoms with Crippen molar-refractivity contribution < 1.29 is 4.74 Å². The first-order valence-electron chi connectivity index (χ1n) is 6.54. The van der Waals surface area contributed by atoms with Crippen LogP contribution >= 0.6 is 0 Å². The van der Waals surface area contributed by atoms with Gasteiger partial charge in [-0.15, -0.1) is 0 Å². The molecule has 17 heavy (non-hydrogen) atoms. The normalized spacial score (nSPS) is 20.2. The van der Waals surface area contributed by atoms with Crippen molar-refractivity contribution in [2.75, 3.05) is 13.7 Å². The number of methoxy groups -OCH3 is 1. The molecule has 1 aromatic rings. The number of nitrogens with one attached hydrogen (secondary N) is 1. The molecule has 1 heterocycles. The van der Waals surface area contributed by atoms with E-state index in [0.717, 1.165) is 25.9 Å². The Bertz CT molecular complexity index is 348. The van der Waals surface area contributed by atoms with Crippen molar-refractivity contribution in [1.82, 2.24) is 10.3 Å². The van der Waals surface area contributed by atoms with E-state index in [2.05, 4.69) is 23.3 Å². The number of aromatic nitrogens is 1. The summed E-state index contributed by atoms with van der Waals surface area (Å²) in [7, 11) is 1.77. The molecule has 1 aliphatic rings. The minimum absolute atomic E-state index is 0.415. The topological polar surface area (TPSA) is 34.1 Å². The van der Waals surface area contributed by atoms with Crippen LogP contribution in [-0.4, -0.2) is 24.7 Å². The Kier molecular flexibility index (Phi) is 4.51. The average molecular weight is 234 g/mol. The first kappa shape index (κ1) is 12.5. The van der Waals surface area contributed by atoms with E-state index < -0.39 is 0 Å². The standard InChI is InChI=1S/C14H22N2O/c1-3-5-12(10-17-2)16-13-8-7-11-6-4-9-15-14(11)13/h4,6,9,12-13,16H,3,5,7-8,10H2,1-2H3. The Hall–Kier alpha value is -0.930. The van der Waals surface area contributed by atoms with E-state index in [-0.39, 0.29) is 0 Å².